The lowest BCUT2D eigenvalue weighted by molar-refractivity contribution is 0.414. The zero-order chi connectivity index (χ0) is 14.1. The molecule has 0 atom stereocenters. The molecule has 2 heterocycles. The fourth-order valence-electron chi connectivity index (χ4n) is 2.86. The van der Waals surface area contributed by atoms with E-state index >= 15 is 0 Å². The minimum Gasteiger partial charge on any atom is -0.398 e. The summed E-state index contributed by atoms with van der Waals surface area (Å²) in [5.74, 6) is 0.619. The lowest BCUT2D eigenvalue weighted by atomic mass is 9.96. The zero-order valence-electron chi connectivity index (χ0n) is 11.7. The fraction of sp³-hybridized carbons (Fsp3) is 0.429. The predicted octanol–water partition coefficient (Wildman–Crippen LogP) is 1.10. The summed E-state index contributed by atoms with van der Waals surface area (Å²) in [5, 5.41) is 7.55. The van der Waals surface area contributed by atoms with Crippen LogP contribution >= 0.6 is 12.4 Å². The smallest absolute Gasteiger partial charge is 0.274 e. The number of nitrogen functional groups attached to an aromatic ring is 1. The quantitative estimate of drug-likeness (QED) is 0.721. The van der Waals surface area contributed by atoms with E-state index < -0.39 is 0 Å². The Bertz CT molecular complexity index is 679. The third-order valence-corrected chi connectivity index (χ3v) is 4.09. The molecule has 1 aliphatic rings. The van der Waals surface area contributed by atoms with Crippen LogP contribution in [0.2, 0.25) is 0 Å². The van der Waals surface area contributed by atoms with Crippen LogP contribution < -0.4 is 21.9 Å². The number of anilines is 2. The van der Waals surface area contributed by atoms with Gasteiger partial charge in [0.2, 0.25) is 0 Å². The number of piperidine rings is 1. The molecular formula is C14H20ClN5O. The molecule has 1 aromatic carbocycles. The van der Waals surface area contributed by atoms with Crippen molar-refractivity contribution in [1.29, 1.82) is 0 Å². The van der Waals surface area contributed by atoms with Crippen molar-refractivity contribution in [2.45, 2.75) is 12.8 Å². The number of hydrogen-bond acceptors (Lipinski definition) is 5. The number of nitrogens with zero attached hydrogens (tertiary/aromatic N) is 2. The highest BCUT2D eigenvalue weighted by Crippen LogP contribution is 2.28. The molecule has 0 amide bonds. The van der Waals surface area contributed by atoms with Crippen molar-refractivity contribution in [2.75, 3.05) is 30.3 Å². The summed E-state index contributed by atoms with van der Waals surface area (Å²) in [6, 6.07) is 3.86. The minimum absolute atomic E-state index is 0. The first-order chi connectivity index (χ1) is 9.69. The van der Waals surface area contributed by atoms with Crippen molar-refractivity contribution in [3.63, 3.8) is 0 Å². The Hall–Kier alpha value is -1.79. The summed E-state index contributed by atoms with van der Waals surface area (Å²) in [6.07, 6.45) is 3.84. The predicted molar refractivity (Wildman–Crippen MR) is 88.0 cm³/mol. The van der Waals surface area contributed by atoms with Gasteiger partial charge in [-0.1, -0.05) is 0 Å². The summed E-state index contributed by atoms with van der Waals surface area (Å²) in [7, 11) is 0. The Morgan fingerprint density at radius 1 is 1.33 bits per heavy atom. The first-order valence-electron chi connectivity index (χ1n) is 6.91. The van der Waals surface area contributed by atoms with Crippen molar-refractivity contribution in [3.8, 4) is 0 Å². The highest BCUT2D eigenvalue weighted by Gasteiger charge is 2.19. The van der Waals surface area contributed by atoms with Crippen molar-refractivity contribution in [2.24, 2.45) is 11.7 Å². The highest BCUT2D eigenvalue weighted by molar-refractivity contribution is 5.94. The van der Waals surface area contributed by atoms with Crippen LogP contribution in [0.5, 0.6) is 0 Å². The molecule has 0 radical (unpaired) electrons. The number of hydrogen-bond donors (Lipinski definition) is 3. The maximum absolute atomic E-state index is 11.7. The zero-order valence-corrected chi connectivity index (χ0v) is 12.5. The van der Waals surface area contributed by atoms with Crippen LogP contribution in [0.4, 0.5) is 11.4 Å². The summed E-state index contributed by atoms with van der Waals surface area (Å²) < 4.78 is 0. The second-order valence-electron chi connectivity index (χ2n) is 5.36. The molecule has 1 aromatic heterocycles. The van der Waals surface area contributed by atoms with Crippen LogP contribution in [0.15, 0.2) is 23.1 Å². The highest BCUT2D eigenvalue weighted by atomic mass is 35.5. The number of H-pyrrole nitrogens is 1. The Kier molecular flexibility index (Phi) is 4.69. The van der Waals surface area contributed by atoms with Crippen molar-refractivity contribution in [1.82, 2.24) is 10.2 Å². The van der Waals surface area contributed by atoms with E-state index in [0.29, 0.717) is 17.0 Å². The number of benzene rings is 1. The summed E-state index contributed by atoms with van der Waals surface area (Å²) >= 11 is 0. The molecule has 5 N–H and O–H groups in total. The first-order valence-corrected chi connectivity index (χ1v) is 6.91. The lowest BCUT2D eigenvalue weighted by Gasteiger charge is -2.33. The van der Waals surface area contributed by atoms with Crippen molar-refractivity contribution < 1.29 is 0 Å². The normalized spacial score (nSPS) is 16.0. The number of aromatic nitrogens is 2. The summed E-state index contributed by atoms with van der Waals surface area (Å²) in [4.78, 5) is 14.0. The van der Waals surface area contributed by atoms with E-state index in [-0.39, 0.29) is 18.0 Å². The van der Waals surface area contributed by atoms with Gasteiger partial charge in [-0.3, -0.25) is 4.79 Å². The third-order valence-electron chi connectivity index (χ3n) is 4.09. The van der Waals surface area contributed by atoms with Gasteiger partial charge in [0.25, 0.3) is 5.56 Å². The van der Waals surface area contributed by atoms with Crippen LogP contribution in [-0.4, -0.2) is 29.8 Å². The van der Waals surface area contributed by atoms with E-state index in [1.54, 1.807) is 6.20 Å². The Balaban J connectivity index is 0.00000161. The second-order valence-corrected chi connectivity index (χ2v) is 5.36. The number of rotatable bonds is 2. The Morgan fingerprint density at radius 2 is 2.05 bits per heavy atom. The van der Waals surface area contributed by atoms with E-state index in [0.717, 1.165) is 43.5 Å². The SMILES string of the molecule is Cl.NCC1CCN(c2cc(N)c3c(=O)[nH]ncc3c2)CC1. The van der Waals surface area contributed by atoms with Gasteiger partial charge in [0.1, 0.15) is 0 Å². The minimum atomic E-state index is -0.242. The fourth-order valence-corrected chi connectivity index (χ4v) is 2.86. The molecule has 114 valence electrons. The van der Waals surface area contributed by atoms with Gasteiger partial charge in [0, 0.05) is 29.9 Å². The van der Waals surface area contributed by atoms with Crippen LogP contribution in [0.25, 0.3) is 10.8 Å². The largest absolute Gasteiger partial charge is 0.398 e. The van der Waals surface area contributed by atoms with Crippen LogP contribution in [0, 0.1) is 5.92 Å². The van der Waals surface area contributed by atoms with Crippen LogP contribution in [0.1, 0.15) is 12.8 Å². The van der Waals surface area contributed by atoms with Gasteiger partial charge in [-0.15, -0.1) is 12.4 Å². The molecule has 1 saturated heterocycles. The number of halogens is 1. The van der Waals surface area contributed by atoms with Crippen LogP contribution in [0.3, 0.4) is 0 Å². The van der Waals surface area contributed by atoms with Gasteiger partial charge in [-0.2, -0.15) is 5.10 Å². The molecule has 6 nitrogen and oxygen atoms in total. The topological polar surface area (TPSA) is 101 Å². The van der Waals surface area contributed by atoms with Gasteiger partial charge < -0.3 is 16.4 Å². The molecule has 0 spiro atoms. The molecule has 21 heavy (non-hydrogen) atoms. The Morgan fingerprint density at radius 3 is 2.71 bits per heavy atom. The van der Waals surface area contributed by atoms with Gasteiger partial charge >= 0.3 is 0 Å². The summed E-state index contributed by atoms with van der Waals surface area (Å²) in [6.45, 7) is 2.71. The number of fused-ring (bicyclic) bond motifs is 1. The Labute approximate surface area is 128 Å². The van der Waals surface area contributed by atoms with E-state index in [1.807, 2.05) is 12.1 Å². The number of aromatic amines is 1. The lowest BCUT2D eigenvalue weighted by Crippen LogP contribution is -2.36. The van der Waals surface area contributed by atoms with Crippen molar-refractivity contribution in [3.05, 3.63) is 28.7 Å². The maximum Gasteiger partial charge on any atom is 0.274 e. The molecule has 7 heteroatoms. The van der Waals surface area contributed by atoms with Crippen molar-refractivity contribution >= 4 is 34.6 Å². The molecule has 0 aliphatic carbocycles. The molecule has 0 saturated carbocycles. The molecule has 1 aliphatic heterocycles. The first kappa shape index (κ1) is 15.6. The molecule has 3 rings (SSSR count). The molecular weight excluding hydrogens is 290 g/mol. The summed E-state index contributed by atoms with van der Waals surface area (Å²) in [5.41, 5.74) is 13.1. The van der Waals surface area contributed by atoms with Crippen LogP contribution in [-0.2, 0) is 0 Å². The van der Waals surface area contributed by atoms with Gasteiger partial charge in [-0.25, -0.2) is 5.10 Å². The molecule has 0 bridgehead atoms. The number of nitrogens with one attached hydrogen (secondary N) is 1. The van der Waals surface area contributed by atoms with Gasteiger partial charge in [-0.05, 0) is 37.4 Å². The monoisotopic (exact) mass is 309 g/mol. The van der Waals surface area contributed by atoms with Gasteiger partial charge in [0.05, 0.1) is 11.6 Å². The molecule has 1 fully saturated rings. The average Bonchev–Trinajstić information content (AvgIpc) is 2.47. The maximum atomic E-state index is 11.7. The third kappa shape index (κ3) is 2.96. The van der Waals surface area contributed by atoms with Gasteiger partial charge in [0.15, 0.2) is 0 Å². The molecule has 2 aromatic rings. The molecule has 0 unspecified atom stereocenters. The number of nitrogens with two attached hydrogens (primary N) is 2. The second kappa shape index (κ2) is 6.32. The van der Waals surface area contributed by atoms with E-state index in [1.165, 1.54) is 0 Å². The van der Waals surface area contributed by atoms with E-state index in [2.05, 4.69) is 15.1 Å². The van der Waals surface area contributed by atoms with E-state index in [9.17, 15) is 4.79 Å². The average molecular weight is 310 g/mol. The standard InChI is InChI=1S/C14H19N5O.ClH/c15-7-9-1-3-19(4-2-9)11-5-10-8-17-18-14(20)13(10)12(16)6-11;/h5-6,8-9H,1-4,7,15-16H2,(H,18,20);1H. The van der Waals surface area contributed by atoms with E-state index in [4.69, 9.17) is 11.5 Å².